The van der Waals surface area contributed by atoms with Gasteiger partial charge in [-0.3, -0.25) is 4.79 Å². The first-order valence-electron chi connectivity index (χ1n) is 7.86. The minimum Gasteiger partial charge on any atom is -0.366 e. The van der Waals surface area contributed by atoms with E-state index >= 15 is 0 Å². The Balaban J connectivity index is 2.21. The van der Waals surface area contributed by atoms with Crippen LogP contribution in [0, 0.1) is 11.7 Å². The molecule has 0 unspecified atom stereocenters. The zero-order valence-electron chi connectivity index (χ0n) is 13.6. The molecule has 0 saturated carbocycles. The number of halogens is 4. The van der Waals surface area contributed by atoms with Crippen LogP contribution in [0.2, 0.25) is 0 Å². The van der Waals surface area contributed by atoms with Crippen molar-refractivity contribution in [3.8, 4) is 0 Å². The average Bonchev–Trinajstić information content (AvgIpc) is 2.61. The quantitative estimate of drug-likeness (QED) is 0.715. The van der Waals surface area contributed by atoms with E-state index in [9.17, 15) is 32.3 Å². The van der Waals surface area contributed by atoms with Crippen LogP contribution in [0.3, 0.4) is 0 Å². The molecular formula is C18H14F4N2O3. The van der Waals surface area contributed by atoms with Gasteiger partial charge < -0.3 is 15.7 Å². The molecule has 3 atom stereocenters. The third kappa shape index (κ3) is 3.37. The second kappa shape index (κ2) is 6.66. The number of rotatable bonds is 3. The van der Waals surface area contributed by atoms with E-state index in [0.717, 1.165) is 12.1 Å². The van der Waals surface area contributed by atoms with Gasteiger partial charge in [0.1, 0.15) is 11.7 Å². The summed E-state index contributed by atoms with van der Waals surface area (Å²) in [5, 5.41) is 15.1. The lowest BCUT2D eigenvalue weighted by molar-refractivity contribution is -0.190. The van der Waals surface area contributed by atoms with Gasteiger partial charge >= 0.3 is 12.2 Å². The molecular weight excluding hydrogens is 368 g/mol. The molecule has 2 aromatic rings. The highest BCUT2D eigenvalue weighted by molar-refractivity contribution is 5.91. The first-order chi connectivity index (χ1) is 12.6. The fourth-order valence-corrected chi connectivity index (χ4v) is 3.20. The molecule has 1 fully saturated rings. The predicted octanol–water partition coefficient (Wildman–Crippen LogP) is 2.77. The molecule has 2 aromatic carbocycles. The number of ketones is 1. The van der Waals surface area contributed by atoms with Gasteiger partial charge in [0, 0.05) is 11.1 Å². The maximum Gasteiger partial charge on any atom is 0.450 e. The molecule has 9 heteroatoms. The summed E-state index contributed by atoms with van der Waals surface area (Å²) in [5.74, 6) is -5.47. The average molecular weight is 382 g/mol. The fourth-order valence-electron chi connectivity index (χ4n) is 3.20. The monoisotopic (exact) mass is 382 g/mol. The van der Waals surface area contributed by atoms with Crippen molar-refractivity contribution in [3.63, 3.8) is 0 Å². The number of hydrogen-bond acceptors (Lipinski definition) is 3. The smallest absolute Gasteiger partial charge is 0.366 e. The van der Waals surface area contributed by atoms with Gasteiger partial charge in [-0.15, -0.1) is 0 Å². The normalized spacial score (nSPS) is 25.4. The summed E-state index contributed by atoms with van der Waals surface area (Å²) >= 11 is 0. The van der Waals surface area contributed by atoms with Crippen LogP contribution in [0.4, 0.5) is 22.4 Å². The van der Waals surface area contributed by atoms with E-state index in [-0.39, 0.29) is 11.1 Å². The van der Waals surface area contributed by atoms with Gasteiger partial charge in [-0.2, -0.15) is 13.2 Å². The second-order valence-electron chi connectivity index (χ2n) is 6.07. The summed E-state index contributed by atoms with van der Waals surface area (Å²) in [6, 6.07) is 8.94. The molecule has 1 aliphatic rings. The first kappa shape index (κ1) is 18.8. The number of aliphatic hydroxyl groups is 1. The Morgan fingerprint density at radius 2 is 1.63 bits per heavy atom. The molecule has 0 aliphatic carbocycles. The molecule has 27 heavy (non-hydrogen) atoms. The van der Waals surface area contributed by atoms with Gasteiger partial charge in [-0.25, -0.2) is 9.18 Å². The molecule has 3 rings (SSSR count). The summed E-state index contributed by atoms with van der Waals surface area (Å²) in [5.41, 5.74) is -3.17. The fraction of sp³-hybridized carbons (Fsp3) is 0.222. The summed E-state index contributed by atoms with van der Waals surface area (Å²) < 4.78 is 54.1. The highest BCUT2D eigenvalue weighted by Crippen LogP contribution is 2.43. The van der Waals surface area contributed by atoms with Crippen molar-refractivity contribution in [2.45, 2.75) is 17.9 Å². The molecule has 2 amide bonds. The molecule has 3 N–H and O–H groups in total. The van der Waals surface area contributed by atoms with Crippen molar-refractivity contribution in [2.75, 3.05) is 0 Å². The van der Waals surface area contributed by atoms with Crippen LogP contribution in [0.5, 0.6) is 0 Å². The highest BCUT2D eigenvalue weighted by Gasteiger charge is 2.59. The van der Waals surface area contributed by atoms with Crippen LogP contribution in [-0.4, -0.2) is 23.1 Å². The molecule has 0 aromatic heterocycles. The maximum absolute atomic E-state index is 14.2. The van der Waals surface area contributed by atoms with Crippen molar-refractivity contribution in [1.29, 1.82) is 0 Å². The highest BCUT2D eigenvalue weighted by atomic mass is 19.4. The zero-order valence-corrected chi connectivity index (χ0v) is 13.6. The van der Waals surface area contributed by atoms with Gasteiger partial charge in [0.25, 0.3) is 0 Å². The largest absolute Gasteiger partial charge is 0.450 e. The molecule has 5 nitrogen and oxygen atoms in total. The molecule has 0 radical (unpaired) electrons. The number of carbonyl (C=O) groups excluding carboxylic acids is 2. The minimum atomic E-state index is -5.32. The topological polar surface area (TPSA) is 78.4 Å². The van der Waals surface area contributed by atoms with Gasteiger partial charge in [-0.05, 0) is 6.07 Å². The minimum absolute atomic E-state index is 0.135. The molecule has 0 bridgehead atoms. The Labute approximate surface area is 151 Å². The van der Waals surface area contributed by atoms with Crippen LogP contribution in [0.25, 0.3) is 0 Å². The Bertz CT molecular complexity index is 872. The van der Waals surface area contributed by atoms with E-state index in [0.29, 0.717) is 0 Å². The number of alkyl halides is 3. The van der Waals surface area contributed by atoms with Gasteiger partial charge in [0.2, 0.25) is 5.78 Å². The SMILES string of the molecule is O=C1N[C@H](c2ccccc2F)[C@H](C(=O)C(F)(F)F)[C@@](O)(c2ccccc2)N1. The standard InChI is InChI=1S/C18H14F4N2O3/c19-12-9-5-4-8-11(12)14-13(15(25)18(20,21)22)17(27,24-16(26)23-14)10-6-2-1-3-7-10/h1-9,13-14,27H,(H2,23,24,26)/t13-,14-,17+/m1/s1. The van der Waals surface area contributed by atoms with Gasteiger partial charge in [-0.1, -0.05) is 48.5 Å². The maximum atomic E-state index is 14.2. The van der Waals surface area contributed by atoms with Crippen molar-refractivity contribution < 1.29 is 32.3 Å². The Morgan fingerprint density at radius 3 is 2.22 bits per heavy atom. The number of benzene rings is 2. The number of amides is 2. The number of nitrogens with one attached hydrogen (secondary N) is 2. The van der Waals surface area contributed by atoms with E-state index in [1.807, 2.05) is 5.32 Å². The van der Waals surface area contributed by atoms with Crippen LogP contribution >= 0.6 is 0 Å². The predicted molar refractivity (Wildman–Crippen MR) is 85.7 cm³/mol. The lowest BCUT2D eigenvalue weighted by Gasteiger charge is -2.45. The van der Waals surface area contributed by atoms with Crippen molar-refractivity contribution in [1.82, 2.24) is 10.6 Å². The molecule has 1 saturated heterocycles. The molecule has 1 aliphatic heterocycles. The van der Waals surface area contributed by atoms with E-state index < -0.39 is 41.5 Å². The van der Waals surface area contributed by atoms with Crippen LogP contribution in [0.15, 0.2) is 54.6 Å². The van der Waals surface area contributed by atoms with E-state index in [2.05, 4.69) is 5.32 Å². The zero-order chi connectivity index (χ0) is 19.8. The lowest BCUT2D eigenvalue weighted by atomic mass is 9.76. The van der Waals surface area contributed by atoms with E-state index in [1.165, 1.54) is 36.4 Å². The summed E-state index contributed by atoms with van der Waals surface area (Å²) in [6.45, 7) is 0. The molecule has 1 heterocycles. The Hall–Kier alpha value is -2.94. The lowest BCUT2D eigenvalue weighted by Crippen LogP contribution is -2.66. The van der Waals surface area contributed by atoms with E-state index in [4.69, 9.17) is 0 Å². The third-order valence-corrected chi connectivity index (χ3v) is 4.39. The summed E-state index contributed by atoms with van der Waals surface area (Å²) in [4.78, 5) is 24.3. The Morgan fingerprint density at radius 1 is 1.04 bits per heavy atom. The van der Waals surface area contributed by atoms with Crippen molar-refractivity contribution in [2.24, 2.45) is 5.92 Å². The number of carbonyl (C=O) groups is 2. The molecule has 142 valence electrons. The van der Waals surface area contributed by atoms with Crippen molar-refractivity contribution in [3.05, 3.63) is 71.5 Å². The second-order valence-corrected chi connectivity index (χ2v) is 6.07. The van der Waals surface area contributed by atoms with Crippen molar-refractivity contribution >= 4 is 11.8 Å². The Kier molecular flexibility index (Phi) is 4.64. The molecule has 0 spiro atoms. The van der Waals surface area contributed by atoms with Gasteiger partial charge in [0.15, 0.2) is 5.72 Å². The van der Waals surface area contributed by atoms with Crippen LogP contribution < -0.4 is 10.6 Å². The number of Topliss-reactive ketones (excluding diaryl/α,β-unsaturated/α-hetero) is 1. The first-order valence-corrected chi connectivity index (χ1v) is 7.86. The van der Waals surface area contributed by atoms with Crippen LogP contribution in [-0.2, 0) is 10.5 Å². The summed E-state index contributed by atoms with van der Waals surface area (Å²) in [7, 11) is 0. The van der Waals surface area contributed by atoms with Gasteiger partial charge in [0.05, 0.1) is 6.04 Å². The number of urea groups is 1. The van der Waals surface area contributed by atoms with E-state index in [1.54, 1.807) is 6.07 Å². The summed E-state index contributed by atoms with van der Waals surface area (Å²) in [6.07, 6.45) is -5.32. The van der Waals surface area contributed by atoms with Crippen LogP contribution in [0.1, 0.15) is 17.2 Å². The third-order valence-electron chi connectivity index (χ3n) is 4.39. The number of hydrogen-bond donors (Lipinski definition) is 3.